The quantitative estimate of drug-likeness (QED) is 0.661. The van der Waals surface area contributed by atoms with E-state index in [1.807, 2.05) is 32.9 Å². The zero-order chi connectivity index (χ0) is 17.0. The lowest BCUT2D eigenvalue weighted by molar-refractivity contribution is 0.0525. The number of nitrogen functional groups attached to an aromatic ring is 1. The topological polar surface area (TPSA) is 67.6 Å². The fourth-order valence-electron chi connectivity index (χ4n) is 3.13. The molecule has 0 saturated carbocycles. The number of ether oxygens (including phenoxy) is 1. The summed E-state index contributed by atoms with van der Waals surface area (Å²) in [5.41, 5.74) is 9.18. The first-order valence-electron chi connectivity index (χ1n) is 8.33. The van der Waals surface area contributed by atoms with Crippen LogP contribution in [0.15, 0.2) is 18.2 Å². The minimum atomic E-state index is -0.448. The van der Waals surface area contributed by atoms with Gasteiger partial charge < -0.3 is 15.8 Å². The summed E-state index contributed by atoms with van der Waals surface area (Å²) < 4.78 is 5.23. The number of benzene rings is 1. The number of carbonyl (C=O) groups excluding carboxylic acids is 1. The van der Waals surface area contributed by atoms with Crippen LogP contribution in [0.25, 0.3) is 0 Å². The smallest absolute Gasteiger partial charge is 0.407 e. The predicted molar refractivity (Wildman–Crippen MR) is 93.4 cm³/mol. The minimum Gasteiger partial charge on any atom is -0.444 e. The van der Waals surface area contributed by atoms with Gasteiger partial charge in [0.1, 0.15) is 5.60 Å². The molecule has 0 spiro atoms. The molecule has 0 aromatic heterocycles. The Balaban J connectivity index is 1.77. The van der Waals surface area contributed by atoms with E-state index in [0.29, 0.717) is 12.5 Å². The van der Waals surface area contributed by atoms with Crippen molar-refractivity contribution in [1.82, 2.24) is 10.2 Å². The molecule has 0 saturated heterocycles. The number of nitrogens with two attached hydrogens (primary N) is 1. The maximum atomic E-state index is 11.6. The van der Waals surface area contributed by atoms with Crippen molar-refractivity contribution in [2.75, 3.05) is 25.4 Å². The summed E-state index contributed by atoms with van der Waals surface area (Å²) in [6.45, 7) is 11.3. The van der Waals surface area contributed by atoms with Crippen LogP contribution in [0.5, 0.6) is 0 Å². The van der Waals surface area contributed by atoms with Crippen LogP contribution in [0.4, 0.5) is 10.5 Å². The Bertz CT molecular complexity index is 552. The first-order chi connectivity index (χ1) is 10.8. The van der Waals surface area contributed by atoms with Crippen molar-refractivity contribution in [3.8, 4) is 0 Å². The highest BCUT2D eigenvalue weighted by molar-refractivity contribution is 5.67. The Labute approximate surface area is 139 Å². The molecule has 5 heteroatoms. The molecule has 1 atom stereocenters. The van der Waals surface area contributed by atoms with Gasteiger partial charge in [0, 0.05) is 31.9 Å². The van der Waals surface area contributed by atoms with Crippen LogP contribution in [0.3, 0.4) is 0 Å². The highest BCUT2D eigenvalue weighted by atomic mass is 16.6. The lowest BCUT2D eigenvalue weighted by atomic mass is 9.89. The third-order valence-corrected chi connectivity index (χ3v) is 3.97. The average molecular weight is 319 g/mol. The first kappa shape index (κ1) is 17.6. The number of alkyl carbamates (subject to hydrolysis) is 1. The molecule has 0 aliphatic carbocycles. The number of hydrogen-bond donors (Lipinski definition) is 2. The number of fused-ring (bicyclic) bond motifs is 1. The number of hydrogen-bond acceptors (Lipinski definition) is 4. The Morgan fingerprint density at radius 3 is 2.87 bits per heavy atom. The lowest BCUT2D eigenvalue weighted by Gasteiger charge is -2.33. The Morgan fingerprint density at radius 1 is 1.43 bits per heavy atom. The second-order valence-electron chi connectivity index (χ2n) is 7.34. The summed E-state index contributed by atoms with van der Waals surface area (Å²) in [5, 5.41) is 2.81. The zero-order valence-electron chi connectivity index (χ0n) is 14.7. The molecule has 128 valence electrons. The maximum Gasteiger partial charge on any atom is 0.407 e. The van der Waals surface area contributed by atoms with E-state index in [2.05, 4.69) is 23.2 Å². The number of nitrogens with zero attached hydrogens (tertiary/aromatic N) is 1. The molecule has 2 rings (SSSR count). The van der Waals surface area contributed by atoms with Gasteiger partial charge in [0.25, 0.3) is 0 Å². The van der Waals surface area contributed by atoms with Crippen LogP contribution < -0.4 is 11.1 Å². The van der Waals surface area contributed by atoms with Crippen molar-refractivity contribution < 1.29 is 9.53 Å². The van der Waals surface area contributed by atoms with Gasteiger partial charge in [0.15, 0.2) is 0 Å². The molecule has 1 heterocycles. The molecule has 0 fully saturated rings. The van der Waals surface area contributed by atoms with Crippen molar-refractivity contribution in [2.24, 2.45) is 0 Å². The van der Waals surface area contributed by atoms with Crippen molar-refractivity contribution in [1.29, 1.82) is 0 Å². The lowest BCUT2D eigenvalue weighted by Crippen LogP contribution is -2.37. The number of amides is 1. The van der Waals surface area contributed by atoms with Gasteiger partial charge in [-0.15, -0.1) is 0 Å². The van der Waals surface area contributed by atoms with Gasteiger partial charge in [-0.05, 0) is 50.3 Å². The van der Waals surface area contributed by atoms with Gasteiger partial charge in [-0.3, -0.25) is 4.90 Å². The molecule has 5 nitrogen and oxygen atoms in total. The van der Waals surface area contributed by atoms with E-state index in [-0.39, 0.29) is 6.09 Å². The molecule has 1 aliphatic rings. The number of anilines is 1. The van der Waals surface area contributed by atoms with Crippen LogP contribution in [-0.4, -0.2) is 36.2 Å². The van der Waals surface area contributed by atoms with Gasteiger partial charge in [-0.25, -0.2) is 4.79 Å². The fraction of sp³-hybridized carbons (Fsp3) is 0.611. The number of rotatable bonds is 4. The first-order valence-corrected chi connectivity index (χ1v) is 8.33. The molecular formula is C18H29N3O2. The number of carbonyl (C=O) groups is 1. The summed E-state index contributed by atoms with van der Waals surface area (Å²) in [4.78, 5) is 14.0. The number of nitrogens with one attached hydrogen (secondary N) is 1. The highest BCUT2D eigenvalue weighted by Crippen LogP contribution is 2.32. The van der Waals surface area contributed by atoms with Gasteiger partial charge in [-0.1, -0.05) is 19.1 Å². The van der Waals surface area contributed by atoms with Crippen molar-refractivity contribution >= 4 is 11.8 Å². The molecular weight excluding hydrogens is 290 g/mol. The molecule has 1 unspecified atom stereocenters. The second kappa shape index (κ2) is 7.21. The largest absolute Gasteiger partial charge is 0.444 e. The summed E-state index contributed by atoms with van der Waals surface area (Å²) in [7, 11) is 0. The van der Waals surface area contributed by atoms with Crippen molar-refractivity contribution in [3.05, 3.63) is 29.3 Å². The van der Waals surface area contributed by atoms with E-state index in [9.17, 15) is 4.79 Å². The Morgan fingerprint density at radius 2 is 2.17 bits per heavy atom. The van der Waals surface area contributed by atoms with E-state index in [1.54, 1.807) is 0 Å². The molecule has 23 heavy (non-hydrogen) atoms. The molecule has 1 aromatic rings. The van der Waals surface area contributed by atoms with Crippen LogP contribution >= 0.6 is 0 Å². The second-order valence-corrected chi connectivity index (χ2v) is 7.34. The van der Waals surface area contributed by atoms with Crippen molar-refractivity contribution in [2.45, 2.75) is 52.2 Å². The zero-order valence-corrected chi connectivity index (χ0v) is 14.7. The van der Waals surface area contributed by atoms with Gasteiger partial charge >= 0.3 is 6.09 Å². The SMILES string of the molecule is CC1CN(CCCNC(=O)OC(C)(C)C)Cc2cccc(N)c21. The van der Waals surface area contributed by atoms with E-state index in [4.69, 9.17) is 10.5 Å². The highest BCUT2D eigenvalue weighted by Gasteiger charge is 2.23. The molecule has 0 radical (unpaired) electrons. The van der Waals surface area contributed by atoms with Crippen LogP contribution in [0.2, 0.25) is 0 Å². The Hall–Kier alpha value is -1.75. The minimum absolute atomic E-state index is 0.345. The normalized spacial score (nSPS) is 18.3. The fourth-order valence-corrected chi connectivity index (χ4v) is 3.13. The Kier molecular flexibility index (Phi) is 5.52. The van der Waals surface area contributed by atoms with E-state index in [1.165, 1.54) is 11.1 Å². The summed E-state index contributed by atoms with van der Waals surface area (Å²) in [5.74, 6) is 0.443. The van der Waals surface area contributed by atoms with Crippen LogP contribution in [-0.2, 0) is 11.3 Å². The van der Waals surface area contributed by atoms with E-state index in [0.717, 1.165) is 31.7 Å². The molecule has 1 amide bonds. The average Bonchev–Trinajstić information content (AvgIpc) is 2.41. The van der Waals surface area contributed by atoms with E-state index >= 15 is 0 Å². The third-order valence-electron chi connectivity index (χ3n) is 3.97. The molecule has 3 N–H and O–H groups in total. The van der Waals surface area contributed by atoms with Crippen molar-refractivity contribution in [3.63, 3.8) is 0 Å². The van der Waals surface area contributed by atoms with Gasteiger partial charge in [0.2, 0.25) is 0 Å². The van der Waals surface area contributed by atoms with Crippen LogP contribution in [0.1, 0.15) is 51.2 Å². The summed E-state index contributed by atoms with van der Waals surface area (Å²) in [6.07, 6.45) is 0.562. The summed E-state index contributed by atoms with van der Waals surface area (Å²) >= 11 is 0. The van der Waals surface area contributed by atoms with Gasteiger partial charge in [-0.2, -0.15) is 0 Å². The molecule has 1 aromatic carbocycles. The molecule has 1 aliphatic heterocycles. The van der Waals surface area contributed by atoms with Crippen LogP contribution in [0, 0.1) is 0 Å². The maximum absolute atomic E-state index is 11.6. The van der Waals surface area contributed by atoms with E-state index < -0.39 is 5.60 Å². The monoisotopic (exact) mass is 319 g/mol. The standard InChI is InChI=1S/C18H29N3O2/c1-13-11-21(12-14-7-5-8-15(19)16(13)14)10-6-9-20-17(22)23-18(2,3)4/h5,7-8,13H,6,9-12,19H2,1-4H3,(H,20,22). The van der Waals surface area contributed by atoms with Gasteiger partial charge in [0.05, 0.1) is 0 Å². The molecule has 0 bridgehead atoms. The third kappa shape index (κ3) is 5.13. The predicted octanol–water partition coefficient (Wildman–Crippen LogP) is 3.10. The summed E-state index contributed by atoms with van der Waals surface area (Å²) in [6, 6.07) is 6.16.